The molecule has 0 aliphatic heterocycles. The van der Waals surface area contributed by atoms with E-state index in [4.69, 9.17) is 17.3 Å². The first-order valence-corrected chi connectivity index (χ1v) is 5.85. The van der Waals surface area contributed by atoms with Crippen LogP contribution in [0.2, 0.25) is 5.02 Å². The van der Waals surface area contributed by atoms with Crippen molar-refractivity contribution < 1.29 is 4.79 Å². The van der Waals surface area contributed by atoms with Gasteiger partial charge in [0.25, 0.3) is 0 Å². The zero-order valence-corrected chi connectivity index (χ0v) is 10.6. The molecule has 3 nitrogen and oxygen atoms in total. The van der Waals surface area contributed by atoms with E-state index < -0.39 is 6.04 Å². The van der Waals surface area contributed by atoms with Crippen molar-refractivity contribution in [1.29, 1.82) is 0 Å². The van der Waals surface area contributed by atoms with Gasteiger partial charge in [0, 0.05) is 5.02 Å². The molecule has 3 N–H and O–H groups in total. The molecule has 0 aliphatic rings. The molecule has 0 saturated carbocycles. The lowest BCUT2D eigenvalue weighted by atomic mass is 10.1. The number of rotatable bonds is 5. The summed E-state index contributed by atoms with van der Waals surface area (Å²) in [7, 11) is 0. The minimum atomic E-state index is -0.558. The predicted octanol–water partition coefficient (Wildman–Crippen LogP) is 2.42. The van der Waals surface area contributed by atoms with Gasteiger partial charge in [-0.25, -0.2) is 0 Å². The predicted molar refractivity (Wildman–Crippen MR) is 70.8 cm³/mol. The Morgan fingerprint density at radius 2 is 2.24 bits per heavy atom. The van der Waals surface area contributed by atoms with Crippen LogP contribution in [-0.2, 0) is 4.79 Å². The summed E-state index contributed by atoms with van der Waals surface area (Å²) in [6.45, 7) is 5.43. The molecule has 1 amide bonds. The highest BCUT2D eigenvalue weighted by Crippen LogP contribution is 2.22. The van der Waals surface area contributed by atoms with E-state index in [-0.39, 0.29) is 11.9 Å². The quantitative estimate of drug-likeness (QED) is 0.791. The smallest absolute Gasteiger partial charge is 0.237 e. The topological polar surface area (TPSA) is 55.1 Å². The highest BCUT2D eigenvalue weighted by atomic mass is 35.5. The van der Waals surface area contributed by atoms with E-state index in [1.807, 2.05) is 25.1 Å². The fourth-order valence-corrected chi connectivity index (χ4v) is 1.81. The molecule has 0 saturated heterocycles. The highest BCUT2D eigenvalue weighted by Gasteiger charge is 2.16. The number of nitrogens with one attached hydrogen (secondary N) is 1. The van der Waals surface area contributed by atoms with Crippen LogP contribution < -0.4 is 11.1 Å². The molecule has 0 radical (unpaired) electrons. The molecule has 0 bridgehead atoms. The summed E-state index contributed by atoms with van der Waals surface area (Å²) >= 11 is 6.04. The van der Waals surface area contributed by atoms with Gasteiger partial charge < -0.3 is 11.1 Å². The Morgan fingerprint density at radius 1 is 1.59 bits per heavy atom. The lowest BCUT2D eigenvalue weighted by molar-refractivity contribution is -0.122. The van der Waals surface area contributed by atoms with Crippen molar-refractivity contribution in [3.8, 4) is 0 Å². The fraction of sp³-hybridized carbons (Fsp3) is 0.308. The molecule has 0 aliphatic carbocycles. The molecule has 0 heterocycles. The van der Waals surface area contributed by atoms with Crippen LogP contribution in [0.15, 0.2) is 36.9 Å². The normalized spacial score (nSPS) is 13.8. The van der Waals surface area contributed by atoms with E-state index >= 15 is 0 Å². The molecule has 1 unspecified atom stereocenters. The first kappa shape index (κ1) is 13.7. The highest BCUT2D eigenvalue weighted by molar-refractivity contribution is 6.31. The van der Waals surface area contributed by atoms with Crippen LogP contribution in [0.4, 0.5) is 0 Å². The molecule has 1 aromatic carbocycles. The van der Waals surface area contributed by atoms with Crippen LogP contribution in [0, 0.1) is 0 Å². The average Bonchev–Trinajstić information content (AvgIpc) is 2.29. The number of amides is 1. The fourth-order valence-electron chi connectivity index (χ4n) is 1.51. The lowest BCUT2D eigenvalue weighted by Crippen LogP contribution is -2.41. The third kappa shape index (κ3) is 3.88. The second-order valence-electron chi connectivity index (χ2n) is 3.88. The SMILES string of the molecule is C=CCC(N)C(=O)N[C@@H](C)c1ccccc1Cl. The summed E-state index contributed by atoms with van der Waals surface area (Å²) in [5.74, 6) is -0.197. The first-order chi connectivity index (χ1) is 8.06. The van der Waals surface area contributed by atoms with Crippen LogP contribution in [-0.4, -0.2) is 11.9 Å². The maximum atomic E-state index is 11.7. The van der Waals surface area contributed by atoms with Crippen LogP contribution in [0.5, 0.6) is 0 Å². The molecular formula is C13H17ClN2O. The summed E-state index contributed by atoms with van der Waals surface area (Å²) in [5, 5.41) is 3.46. The van der Waals surface area contributed by atoms with Crippen molar-refractivity contribution >= 4 is 17.5 Å². The molecule has 0 fully saturated rings. The van der Waals surface area contributed by atoms with Gasteiger partial charge >= 0.3 is 0 Å². The standard InChI is InChI=1S/C13H17ClN2O/c1-3-6-12(15)13(17)16-9(2)10-7-4-5-8-11(10)14/h3-5,7-9,12H,1,6,15H2,2H3,(H,16,17)/t9-,12?/m0/s1. The maximum Gasteiger partial charge on any atom is 0.237 e. The third-order valence-corrected chi connectivity index (χ3v) is 2.83. The van der Waals surface area contributed by atoms with E-state index in [1.54, 1.807) is 12.1 Å². The van der Waals surface area contributed by atoms with Crippen LogP contribution in [0.1, 0.15) is 24.9 Å². The van der Waals surface area contributed by atoms with Crippen molar-refractivity contribution in [2.75, 3.05) is 0 Å². The summed E-state index contributed by atoms with van der Waals surface area (Å²) < 4.78 is 0. The lowest BCUT2D eigenvalue weighted by Gasteiger charge is -2.18. The summed E-state index contributed by atoms with van der Waals surface area (Å²) in [5.41, 5.74) is 6.56. The Kier molecular flexibility index (Phi) is 5.19. The summed E-state index contributed by atoms with van der Waals surface area (Å²) in [4.78, 5) is 11.7. The van der Waals surface area contributed by atoms with Crippen molar-refractivity contribution in [2.45, 2.75) is 25.4 Å². The number of halogens is 1. The van der Waals surface area contributed by atoms with Crippen LogP contribution in [0.25, 0.3) is 0 Å². The molecular weight excluding hydrogens is 236 g/mol. The van der Waals surface area contributed by atoms with E-state index in [0.29, 0.717) is 11.4 Å². The monoisotopic (exact) mass is 252 g/mol. The van der Waals surface area contributed by atoms with Gasteiger partial charge in [0.1, 0.15) is 0 Å². The minimum Gasteiger partial charge on any atom is -0.348 e. The van der Waals surface area contributed by atoms with E-state index in [9.17, 15) is 4.79 Å². The first-order valence-electron chi connectivity index (χ1n) is 5.47. The molecule has 0 spiro atoms. The van der Waals surface area contributed by atoms with Crippen molar-refractivity contribution in [1.82, 2.24) is 5.32 Å². The molecule has 4 heteroatoms. The second kappa shape index (κ2) is 6.42. The van der Waals surface area contributed by atoms with E-state index in [1.165, 1.54) is 0 Å². The van der Waals surface area contributed by atoms with Gasteiger partial charge in [0.05, 0.1) is 12.1 Å². The molecule has 2 atom stereocenters. The minimum absolute atomic E-state index is 0.160. The Hall–Kier alpha value is -1.32. The Morgan fingerprint density at radius 3 is 2.82 bits per heavy atom. The summed E-state index contributed by atoms with van der Waals surface area (Å²) in [6.07, 6.45) is 2.09. The number of hydrogen-bond donors (Lipinski definition) is 2. The Labute approximate surface area is 107 Å². The van der Waals surface area contributed by atoms with Gasteiger partial charge in [-0.3, -0.25) is 4.79 Å². The van der Waals surface area contributed by atoms with Gasteiger partial charge in [-0.2, -0.15) is 0 Å². The number of carbonyl (C=O) groups is 1. The number of carbonyl (C=O) groups excluding carboxylic acids is 1. The second-order valence-corrected chi connectivity index (χ2v) is 4.29. The molecule has 0 aromatic heterocycles. The van der Waals surface area contributed by atoms with Crippen molar-refractivity contribution in [3.05, 3.63) is 47.5 Å². The number of benzene rings is 1. The Balaban J connectivity index is 2.66. The maximum absolute atomic E-state index is 11.7. The zero-order valence-electron chi connectivity index (χ0n) is 9.82. The van der Waals surface area contributed by atoms with Gasteiger partial charge in [-0.1, -0.05) is 35.9 Å². The Bertz CT molecular complexity index is 406. The summed E-state index contributed by atoms with van der Waals surface area (Å²) in [6, 6.07) is 6.69. The average molecular weight is 253 g/mol. The third-order valence-electron chi connectivity index (χ3n) is 2.49. The van der Waals surface area contributed by atoms with E-state index in [0.717, 1.165) is 5.56 Å². The molecule has 1 aromatic rings. The molecule has 17 heavy (non-hydrogen) atoms. The number of hydrogen-bond acceptors (Lipinski definition) is 2. The molecule has 1 rings (SSSR count). The van der Waals surface area contributed by atoms with Crippen molar-refractivity contribution in [2.24, 2.45) is 5.73 Å². The van der Waals surface area contributed by atoms with Crippen LogP contribution >= 0.6 is 11.6 Å². The van der Waals surface area contributed by atoms with Gasteiger partial charge in [-0.05, 0) is 25.0 Å². The van der Waals surface area contributed by atoms with Crippen LogP contribution in [0.3, 0.4) is 0 Å². The van der Waals surface area contributed by atoms with Crippen molar-refractivity contribution in [3.63, 3.8) is 0 Å². The van der Waals surface area contributed by atoms with Gasteiger partial charge in [0.15, 0.2) is 0 Å². The number of nitrogens with two attached hydrogens (primary N) is 1. The van der Waals surface area contributed by atoms with E-state index in [2.05, 4.69) is 11.9 Å². The molecule has 92 valence electrons. The zero-order chi connectivity index (χ0) is 12.8. The van der Waals surface area contributed by atoms with Gasteiger partial charge in [0.2, 0.25) is 5.91 Å². The van der Waals surface area contributed by atoms with Gasteiger partial charge in [-0.15, -0.1) is 6.58 Å². The largest absolute Gasteiger partial charge is 0.348 e.